The number of aromatic carboxylic acids is 1. The molecule has 1 aliphatic carbocycles. The van der Waals surface area contributed by atoms with Gasteiger partial charge in [-0.3, -0.25) is 14.0 Å². The fourth-order valence-corrected chi connectivity index (χ4v) is 8.11. The number of unbranched alkanes of at least 4 members (excludes halogenated alkanes) is 2. The summed E-state index contributed by atoms with van der Waals surface area (Å²) in [5.74, 6) is -0.567. The van der Waals surface area contributed by atoms with Crippen LogP contribution in [-0.4, -0.2) is 107 Å². The van der Waals surface area contributed by atoms with E-state index in [9.17, 15) is 29.4 Å². The fourth-order valence-electron chi connectivity index (χ4n) is 7.85. The molecule has 3 aliphatic rings. The standard InChI is InChI=1S/C39H44ClN5O9/c1-42-14-16-43(17-15-42)39(51)54-30-19-27-33(25-10-6-5-9-24(25)30)23(21-40)22-44(27)32(47)13-4-3-7-18-53-37-31(52-2)20-28-36(48)41-26-11-8-12-29(46)34(26)35(38(49)50)45(28)37/h5-6,9-10,19-20,23,29,46H,3-4,7-8,11-18,21-22H2,1-2H3,(H,49,50). The van der Waals surface area contributed by atoms with Crippen molar-refractivity contribution in [3.8, 4) is 17.4 Å². The second-order valence-electron chi connectivity index (χ2n) is 14.1. The second kappa shape index (κ2) is 15.8. The van der Waals surface area contributed by atoms with E-state index in [1.54, 1.807) is 15.9 Å². The number of likely N-dealkylation sites (N-methyl/N-ethyl adjacent to an activating group) is 1. The molecular formula is C39H44ClN5O9. The Labute approximate surface area is 316 Å². The lowest BCUT2D eigenvalue weighted by atomic mass is 9.92. The molecule has 7 rings (SSSR count). The number of ether oxygens (including phenoxy) is 3. The van der Waals surface area contributed by atoms with E-state index in [4.69, 9.17) is 25.8 Å². The van der Waals surface area contributed by atoms with Crippen LogP contribution in [0.5, 0.6) is 17.4 Å². The average molecular weight is 762 g/mol. The minimum atomic E-state index is -1.33. The maximum atomic E-state index is 13.8. The third kappa shape index (κ3) is 7.05. The normalized spacial score (nSPS) is 18.4. The Morgan fingerprint density at radius 3 is 2.48 bits per heavy atom. The van der Waals surface area contributed by atoms with Gasteiger partial charge in [0.2, 0.25) is 11.8 Å². The summed E-state index contributed by atoms with van der Waals surface area (Å²) in [6, 6.07) is 10.9. The fraction of sp³-hybridized carbons (Fsp3) is 0.462. The van der Waals surface area contributed by atoms with Crippen LogP contribution in [0, 0.1) is 0 Å². The molecule has 2 amide bonds. The molecule has 1 fully saturated rings. The summed E-state index contributed by atoms with van der Waals surface area (Å²) in [6.07, 6.45) is 1.74. The second-order valence-corrected chi connectivity index (χ2v) is 14.4. The molecule has 1 saturated heterocycles. The number of rotatable bonds is 11. The number of benzene rings is 2. The van der Waals surface area contributed by atoms with E-state index < -0.39 is 23.7 Å². The number of fused-ring (bicyclic) bond motifs is 5. The maximum absolute atomic E-state index is 13.8. The Morgan fingerprint density at radius 1 is 1.00 bits per heavy atom. The van der Waals surface area contributed by atoms with Crippen molar-refractivity contribution in [3.05, 3.63) is 69.3 Å². The molecule has 2 N–H and O–H groups in total. The molecule has 15 heteroatoms. The van der Waals surface area contributed by atoms with Gasteiger partial charge in [0.25, 0.3) is 5.56 Å². The molecule has 4 heterocycles. The van der Waals surface area contributed by atoms with Crippen LogP contribution >= 0.6 is 11.6 Å². The summed E-state index contributed by atoms with van der Waals surface area (Å²) < 4.78 is 18.7. The molecule has 0 bridgehead atoms. The van der Waals surface area contributed by atoms with Crippen molar-refractivity contribution >= 4 is 51.5 Å². The number of hydrogen-bond donors (Lipinski definition) is 2. The van der Waals surface area contributed by atoms with Crippen LogP contribution < -0.4 is 24.7 Å². The molecule has 14 nitrogen and oxygen atoms in total. The lowest BCUT2D eigenvalue weighted by molar-refractivity contribution is -0.118. The third-order valence-corrected chi connectivity index (χ3v) is 11.0. The number of piperazine rings is 1. The molecule has 54 heavy (non-hydrogen) atoms. The summed E-state index contributed by atoms with van der Waals surface area (Å²) in [4.78, 5) is 62.5. The molecule has 286 valence electrons. The highest BCUT2D eigenvalue weighted by Gasteiger charge is 2.35. The summed E-state index contributed by atoms with van der Waals surface area (Å²) in [5, 5.41) is 22.8. The summed E-state index contributed by atoms with van der Waals surface area (Å²) in [7, 11) is 3.41. The molecule has 0 radical (unpaired) electrons. The molecule has 2 aromatic heterocycles. The monoisotopic (exact) mass is 761 g/mol. The zero-order chi connectivity index (χ0) is 38.1. The zero-order valence-corrected chi connectivity index (χ0v) is 31.1. The number of aromatic nitrogens is 2. The first kappa shape index (κ1) is 37.4. The lowest BCUT2D eigenvalue weighted by Gasteiger charge is -2.31. The van der Waals surface area contributed by atoms with Gasteiger partial charge in [-0.15, -0.1) is 11.6 Å². The van der Waals surface area contributed by atoms with E-state index in [0.29, 0.717) is 75.5 Å². The maximum Gasteiger partial charge on any atom is 0.415 e. The summed E-state index contributed by atoms with van der Waals surface area (Å²) >= 11 is 6.47. The number of carboxylic acids is 1. The Kier molecular flexibility index (Phi) is 11.0. The number of hydrogen-bond acceptors (Lipinski definition) is 10. The largest absolute Gasteiger partial charge is 0.491 e. The summed E-state index contributed by atoms with van der Waals surface area (Å²) in [6.45, 7) is 3.24. The van der Waals surface area contributed by atoms with Gasteiger partial charge in [0.05, 0.1) is 31.2 Å². The molecule has 4 aromatic rings. The Balaban J connectivity index is 1.04. The van der Waals surface area contributed by atoms with Crippen LogP contribution in [0.25, 0.3) is 16.3 Å². The van der Waals surface area contributed by atoms with Gasteiger partial charge in [-0.1, -0.05) is 24.3 Å². The van der Waals surface area contributed by atoms with E-state index >= 15 is 0 Å². The van der Waals surface area contributed by atoms with Gasteiger partial charge >= 0.3 is 12.1 Å². The van der Waals surface area contributed by atoms with Crippen LogP contribution in [0.2, 0.25) is 0 Å². The van der Waals surface area contributed by atoms with Gasteiger partial charge in [0.15, 0.2) is 5.75 Å². The summed E-state index contributed by atoms with van der Waals surface area (Å²) in [5.41, 5.74) is 1.08. The molecule has 0 saturated carbocycles. The number of aliphatic hydroxyl groups is 1. The van der Waals surface area contributed by atoms with E-state index in [-0.39, 0.29) is 59.0 Å². The van der Waals surface area contributed by atoms with Crippen LogP contribution in [0.15, 0.2) is 41.2 Å². The molecule has 2 aromatic carbocycles. The predicted octanol–water partition coefficient (Wildman–Crippen LogP) is 4.98. The Bertz CT molecular complexity index is 2170. The van der Waals surface area contributed by atoms with E-state index in [2.05, 4.69) is 9.88 Å². The molecule has 2 aliphatic heterocycles. The first-order valence-electron chi connectivity index (χ1n) is 18.4. The van der Waals surface area contributed by atoms with Crippen molar-refractivity contribution in [2.45, 2.75) is 57.0 Å². The van der Waals surface area contributed by atoms with Gasteiger partial charge < -0.3 is 39.1 Å². The highest BCUT2D eigenvalue weighted by molar-refractivity contribution is 6.19. The topological polar surface area (TPSA) is 163 Å². The van der Waals surface area contributed by atoms with Gasteiger partial charge in [-0.25, -0.2) is 14.6 Å². The van der Waals surface area contributed by atoms with Crippen LogP contribution in [-0.2, 0) is 11.2 Å². The minimum absolute atomic E-state index is 0.0300. The Morgan fingerprint density at radius 2 is 1.76 bits per heavy atom. The zero-order valence-electron chi connectivity index (χ0n) is 30.4. The van der Waals surface area contributed by atoms with Crippen molar-refractivity contribution in [1.82, 2.24) is 19.2 Å². The number of alkyl halides is 1. The van der Waals surface area contributed by atoms with Gasteiger partial charge in [0, 0.05) is 74.0 Å². The average Bonchev–Trinajstić information content (AvgIpc) is 3.69. The minimum Gasteiger partial charge on any atom is -0.491 e. The van der Waals surface area contributed by atoms with Gasteiger partial charge in [-0.05, 0) is 56.5 Å². The van der Waals surface area contributed by atoms with Crippen LogP contribution in [0.4, 0.5) is 10.5 Å². The van der Waals surface area contributed by atoms with Crippen molar-refractivity contribution in [3.63, 3.8) is 0 Å². The molecule has 2 unspecified atom stereocenters. The molecule has 2 atom stereocenters. The van der Waals surface area contributed by atoms with Gasteiger partial charge in [0.1, 0.15) is 17.0 Å². The molecular weight excluding hydrogens is 718 g/mol. The number of carbonyl (C=O) groups excluding carboxylic acids is 2. The van der Waals surface area contributed by atoms with Crippen molar-refractivity contribution < 1.29 is 38.8 Å². The highest BCUT2D eigenvalue weighted by Crippen LogP contribution is 2.46. The van der Waals surface area contributed by atoms with Crippen molar-refractivity contribution in [2.24, 2.45) is 0 Å². The number of nitrogens with zero attached hydrogens (tertiary/aromatic N) is 5. The lowest BCUT2D eigenvalue weighted by Crippen LogP contribution is -2.48. The SMILES string of the molecule is COc1cc2c(=O)nc3c(c(C(=O)O)n2c1OCCCCCC(=O)N1CC(CCl)c2c1cc(OC(=O)N1CCN(C)CC1)c1ccccc21)C(O)CCC3. The number of carboxylic acid groups (broad SMARTS) is 1. The van der Waals surface area contributed by atoms with Crippen LogP contribution in [0.1, 0.15) is 77.9 Å². The molecule has 0 spiro atoms. The number of amides is 2. The van der Waals surface area contributed by atoms with Gasteiger partial charge in [-0.2, -0.15) is 0 Å². The third-order valence-electron chi connectivity index (χ3n) is 10.7. The highest BCUT2D eigenvalue weighted by atomic mass is 35.5. The quantitative estimate of drug-likeness (QED) is 0.157. The smallest absolute Gasteiger partial charge is 0.415 e. The first-order chi connectivity index (χ1) is 26.1. The van der Waals surface area contributed by atoms with E-state index in [1.165, 1.54) is 17.6 Å². The van der Waals surface area contributed by atoms with E-state index in [1.807, 2.05) is 31.3 Å². The predicted molar refractivity (Wildman–Crippen MR) is 202 cm³/mol. The number of anilines is 1. The number of methoxy groups -OCH3 is 1. The first-order valence-corrected chi connectivity index (χ1v) is 18.9. The number of aryl methyl sites for hydroxylation is 1. The number of halogens is 1. The Hall–Kier alpha value is -4.92. The van der Waals surface area contributed by atoms with Crippen molar-refractivity contribution in [1.29, 1.82) is 0 Å². The van der Waals surface area contributed by atoms with E-state index in [0.717, 1.165) is 29.4 Å². The number of aliphatic hydroxyl groups excluding tert-OH is 1. The van der Waals surface area contributed by atoms with Crippen LogP contribution in [0.3, 0.4) is 0 Å². The van der Waals surface area contributed by atoms with Crippen molar-refractivity contribution in [2.75, 3.05) is 64.3 Å². The number of carbonyl (C=O) groups is 3.